The number of benzene rings is 7. The van der Waals surface area contributed by atoms with E-state index >= 15 is 0 Å². The number of anilines is 3. The van der Waals surface area contributed by atoms with Crippen LogP contribution in [0.25, 0.3) is 43.8 Å². The zero-order chi connectivity index (χ0) is 33.0. The third kappa shape index (κ3) is 3.91. The maximum atomic E-state index is 2.47. The highest BCUT2D eigenvalue weighted by molar-refractivity contribution is 6.04. The molecule has 1 heteroatoms. The normalized spacial score (nSPS) is 16.2. The molecule has 0 heterocycles. The third-order valence-electron chi connectivity index (χ3n) is 12.2. The highest BCUT2D eigenvalue weighted by atomic mass is 15.1. The lowest BCUT2D eigenvalue weighted by Gasteiger charge is -2.48. The lowest BCUT2D eigenvalue weighted by atomic mass is 9.55. The van der Waals surface area contributed by atoms with Crippen molar-refractivity contribution in [1.82, 2.24) is 0 Å². The van der Waals surface area contributed by atoms with Gasteiger partial charge in [0.15, 0.2) is 0 Å². The van der Waals surface area contributed by atoms with Crippen LogP contribution in [0.1, 0.15) is 63.8 Å². The Hall–Kier alpha value is -5.14. The van der Waals surface area contributed by atoms with E-state index in [1.54, 1.807) is 0 Å². The minimum Gasteiger partial charge on any atom is -0.310 e. The smallest absolute Gasteiger partial charge is 0.0468 e. The standard InChI is InChI=1S/C47H41N/c1-45(2)40-17-11-10-16-39(40)44-36-24-22-34(28-32(36)20-26-42(44)45)48(33-21-19-30-13-7-8-14-31(30)27-33)35-23-25-38-37-15-9-12-18-41(37)46(3,4)47(5,6)43(38)29-35/h7-29H,1-6H3. The third-order valence-corrected chi connectivity index (χ3v) is 12.2. The molecule has 1 nitrogen and oxygen atoms in total. The van der Waals surface area contributed by atoms with Gasteiger partial charge in [-0.2, -0.15) is 0 Å². The fourth-order valence-electron chi connectivity index (χ4n) is 8.78. The minimum absolute atomic E-state index is 0.0156. The molecule has 0 fully saturated rings. The number of hydrogen-bond donors (Lipinski definition) is 0. The van der Waals surface area contributed by atoms with Crippen LogP contribution in [-0.2, 0) is 16.2 Å². The van der Waals surface area contributed by atoms with E-state index in [4.69, 9.17) is 0 Å². The van der Waals surface area contributed by atoms with Crippen LogP contribution in [0.2, 0.25) is 0 Å². The molecule has 0 radical (unpaired) electrons. The number of nitrogens with zero attached hydrogens (tertiary/aromatic N) is 1. The summed E-state index contributed by atoms with van der Waals surface area (Å²) in [6.45, 7) is 14.4. The molecule has 48 heavy (non-hydrogen) atoms. The van der Waals surface area contributed by atoms with Crippen LogP contribution in [0.3, 0.4) is 0 Å². The zero-order valence-electron chi connectivity index (χ0n) is 28.7. The molecule has 0 N–H and O–H groups in total. The summed E-state index contributed by atoms with van der Waals surface area (Å²) in [6, 6.07) is 52.4. The first-order chi connectivity index (χ1) is 23.1. The fraction of sp³-hybridized carbons (Fsp3) is 0.191. The summed E-state index contributed by atoms with van der Waals surface area (Å²) in [5, 5.41) is 5.07. The Morgan fingerprint density at radius 3 is 1.71 bits per heavy atom. The van der Waals surface area contributed by atoms with Crippen molar-refractivity contribution in [3.05, 3.63) is 162 Å². The van der Waals surface area contributed by atoms with Crippen molar-refractivity contribution in [3.63, 3.8) is 0 Å². The summed E-state index contributed by atoms with van der Waals surface area (Å²) < 4.78 is 0. The summed E-state index contributed by atoms with van der Waals surface area (Å²) in [5.41, 5.74) is 14.5. The zero-order valence-corrected chi connectivity index (χ0v) is 28.7. The van der Waals surface area contributed by atoms with Crippen molar-refractivity contribution in [1.29, 1.82) is 0 Å². The van der Waals surface area contributed by atoms with Gasteiger partial charge in [0.25, 0.3) is 0 Å². The van der Waals surface area contributed by atoms with Crippen LogP contribution in [0, 0.1) is 0 Å². The van der Waals surface area contributed by atoms with Crippen molar-refractivity contribution in [3.8, 4) is 22.3 Å². The van der Waals surface area contributed by atoms with Crippen molar-refractivity contribution in [2.24, 2.45) is 0 Å². The van der Waals surface area contributed by atoms with Gasteiger partial charge < -0.3 is 4.90 Å². The molecule has 2 aliphatic carbocycles. The summed E-state index contributed by atoms with van der Waals surface area (Å²) in [7, 11) is 0. The maximum absolute atomic E-state index is 2.47. The van der Waals surface area contributed by atoms with E-state index in [-0.39, 0.29) is 16.2 Å². The van der Waals surface area contributed by atoms with Crippen LogP contribution in [0.4, 0.5) is 17.1 Å². The van der Waals surface area contributed by atoms with E-state index in [1.807, 2.05) is 0 Å². The minimum atomic E-state index is -0.0775. The molecule has 0 spiro atoms. The Bertz CT molecular complexity index is 2440. The molecular formula is C47H41N. The molecule has 7 aromatic rings. The Morgan fingerprint density at radius 2 is 0.917 bits per heavy atom. The SMILES string of the molecule is CC1(C)c2ccccc2-c2c1ccc1cc(N(c3ccc4c(c3)C(C)(C)C(C)(C)c3ccccc3-4)c3ccc4ccccc4c3)ccc21. The molecule has 0 unspecified atom stereocenters. The summed E-state index contributed by atoms with van der Waals surface area (Å²) in [4.78, 5) is 2.46. The van der Waals surface area contributed by atoms with Crippen LogP contribution in [-0.4, -0.2) is 0 Å². The van der Waals surface area contributed by atoms with E-state index in [0.717, 1.165) is 11.4 Å². The van der Waals surface area contributed by atoms with Gasteiger partial charge in [-0.1, -0.05) is 145 Å². The monoisotopic (exact) mass is 619 g/mol. The van der Waals surface area contributed by atoms with Crippen molar-refractivity contribution >= 4 is 38.6 Å². The van der Waals surface area contributed by atoms with Gasteiger partial charge >= 0.3 is 0 Å². The van der Waals surface area contributed by atoms with Crippen LogP contribution in [0.5, 0.6) is 0 Å². The molecule has 9 rings (SSSR count). The number of rotatable bonds is 3. The highest BCUT2D eigenvalue weighted by Gasteiger charge is 2.46. The molecule has 0 bridgehead atoms. The molecule has 0 amide bonds. The van der Waals surface area contributed by atoms with Crippen molar-refractivity contribution in [2.75, 3.05) is 4.90 Å². The quantitative estimate of drug-likeness (QED) is 0.190. The molecule has 0 saturated heterocycles. The molecule has 234 valence electrons. The largest absolute Gasteiger partial charge is 0.310 e. The molecular weight excluding hydrogens is 579 g/mol. The lowest BCUT2D eigenvalue weighted by molar-refractivity contribution is 0.299. The topological polar surface area (TPSA) is 3.24 Å². The van der Waals surface area contributed by atoms with Gasteiger partial charge in [-0.15, -0.1) is 0 Å². The molecule has 7 aromatic carbocycles. The van der Waals surface area contributed by atoms with Gasteiger partial charge in [-0.25, -0.2) is 0 Å². The average molecular weight is 620 g/mol. The Morgan fingerprint density at radius 1 is 0.375 bits per heavy atom. The van der Waals surface area contributed by atoms with E-state index in [1.165, 1.54) is 71.7 Å². The summed E-state index contributed by atoms with van der Waals surface area (Å²) >= 11 is 0. The number of hydrogen-bond acceptors (Lipinski definition) is 1. The number of fused-ring (bicyclic) bond motifs is 9. The second kappa shape index (κ2) is 9.94. The molecule has 0 aliphatic heterocycles. The van der Waals surface area contributed by atoms with E-state index < -0.39 is 0 Å². The van der Waals surface area contributed by atoms with Crippen molar-refractivity contribution < 1.29 is 0 Å². The molecule has 0 aromatic heterocycles. The van der Waals surface area contributed by atoms with E-state index in [0.29, 0.717) is 0 Å². The first-order valence-corrected chi connectivity index (χ1v) is 17.3. The highest BCUT2D eigenvalue weighted by Crippen LogP contribution is 2.55. The first kappa shape index (κ1) is 29.0. The Balaban J connectivity index is 1.27. The van der Waals surface area contributed by atoms with Crippen LogP contribution < -0.4 is 4.90 Å². The Labute approximate surface area is 284 Å². The molecule has 0 saturated carbocycles. The summed E-state index contributed by atoms with van der Waals surface area (Å²) in [5.74, 6) is 0. The first-order valence-electron chi connectivity index (χ1n) is 17.3. The van der Waals surface area contributed by atoms with Gasteiger partial charge in [-0.3, -0.25) is 0 Å². The van der Waals surface area contributed by atoms with Crippen molar-refractivity contribution in [2.45, 2.75) is 57.8 Å². The van der Waals surface area contributed by atoms with Gasteiger partial charge in [0.05, 0.1) is 0 Å². The predicted molar refractivity (Wildman–Crippen MR) is 205 cm³/mol. The predicted octanol–water partition coefficient (Wildman–Crippen LogP) is 13.0. The van der Waals surface area contributed by atoms with E-state index in [2.05, 4.69) is 186 Å². The second-order valence-corrected chi connectivity index (χ2v) is 15.5. The fourth-order valence-corrected chi connectivity index (χ4v) is 8.78. The second-order valence-electron chi connectivity index (χ2n) is 15.5. The van der Waals surface area contributed by atoms with Gasteiger partial charge in [0.2, 0.25) is 0 Å². The Kier molecular flexibility index (Phi) is 6.01. The lowest BCUT2D eigenvalue weighted by Crippen LogP contribution is -2.43. The van der Waals surface area contributed by atoms with E-state index in [9.17, 15) is 0 Å². The summed E-state index contributed by atoms with van der Waals surface area (Å²) in [6.07, 6.45) is 0. The van der Waals surface area contributed by atoms with Gasteiger partial charge in [-0.05, 0) is 113 Å². The van der Waals surface area contributed by atoms with Crippen LogP contribution >= 0.6 is 0 Å². The van der Waals surface area contributed by atoms with Crippen LogP contribution in [0.15, 0.2) is 140 Å². The molecule has 2 aliphatic rings. The average Bonchev–Trinajstić information content (AvgIpc) is 3.34. The van der Waals surface area contributed by atoms with Gasteiger partial charge in [0.1, 0.15) is 0 Å². The molecule has 0 atom stereocenters. The maximum Gasteiger partial charge on any atom is 0.0468 e. The van der Waals surface area contributed by atoms with Gasteiger partial charge in [0, 0.05) is 22.5 Å².